The van der Waals surface area contributed by atoms with Gasteiger partial charge in [0.15, 0.2) is 0 Å². The van der Waals surface area contributed by atoms with Gasteiger partial charge in [0.2, 0.25) is 0 Å². The van der Waals surface area contributed by atoms with Crippen LogP contribution in [-0.2, 0) is 13.2 Å². The SMILES string of the molecule is Cc1ccc(NCc2cc(Br)cc(Br)c2OCc2ccc([N+](=O)[O-])cc2)c(C)c1. The quantitative estimate of drug-likeness (QED) is 0.271. The normalized spacial score (nSPS) is 10.6. The van der Waals surface area contributed by atoms with Crippen LogP contribution in [0.3, 0.4) is 0 Å². The second kappa shape index (κ2) is 9.41. The molecule has 0 aliphatic heterocycles. The summed E-state index contributed by atoms with van der Waals surface area (Å²) in [5.41, 5.74) is 5.41. The lowest BCUT2D eigenvalue weighted by Crippen LogP contribution is -2.05. The molecule has 3 aromatic rings. The molecule has 0 radical (unpaired) electrons. The van der Waals surface area contributed by atoms with Crippen LogP contribution in [0.15, 0.2) is 63.5 Å². The first-order valence-electron chi connectivity index (χ1n) is 8.98. The van der Waals surface area contributed by atoms with Crippen molar-refractivity contribution in [2.75, 3.05) is 5.32 Å². The lowest BCUT2D eigenvalue weighted by atomic mass is 10.1. The summed E-state index contributed by atoms with van der Waals surface area (Å²) in [7, 11) is 0. The van der Waals surface area contributed by atoms with Crippen molar-refractivity contribution in [3.8, 4) is 5.75 Å². The molecule has 0 amide bonds. The van der Waals surface area contributed by atoms with Crippen LogP contribution in [-0.4, -0.2) is 4.92 Å². The average molecular weight is 520 g/mol. The largest absolute Gasteiger partial charge is 0.487 e. The Labute approximate surface area is 186 Å². The summed E-state index contributed by atoms with van der Waals surface area (Å²) >= 11 is 7.12. The monoisotopic (exact) mass is 518 g/mol. The molecule has 3 aromatic carbocycles. The molecule has 0 saturated carbocycles. The third-order valence-corrected chi connectivity index (χ3v) is 5.51. The lowest BCUT2D eigenvalue weighted by Gasteiger charge is -2.16. The minimum absolute atomic E-state index is 0.0666. The number of nitrogens with zero attached hydrogens (tertiary/aromatic N) is 1. The fourth-order valence-electron chi connectivity index (χ4n) is 2.98. The van der Waals surface area contributed by atoms with Crippen molar-refractivity contribution in [3.05, 3.63) is 95.9 Å². The van der Waals surface area contributed by atoms with Crippen molar-refractivity contribution in [3.63, 3.8) is 0 Å². The van der Waals surface area contributed by atoms with Gasteiger partial charge in [-0.25, -0.2) is 0 Å². The third kappa shape index (κ3) is 5.58. The number of ether oxygens (including phenoxy) is 1. The number of anilines is 1. The molecular formula is C22H20Br2N2O3. The van der Waals surface area contributed by atoms with E-state index in [1.54, 1.807) is 12.1 Å². The maximum atomic E-state index is 10.8. The molecule has 5 nitrogen and oxygen atoms in total. The first-order valence-corrected chi connectivity index (χ1v) is 10.6. The minimum Gasteiger partial charge on any atom is -0.487 e. The molecule has 150 valence electrons. The van der Waals surface area contributed by atoms with Gasteiger partial charge in [-0.1, -0.05) is 33.6 Å². The van der Waals surface area contributed by atoms with Gasteiger partial charge < -0.3 is 10.1 Å². The van der Waals surface area contributed by atoms with E-state index >= 15 is 0 Å². The Balaban J connectivity index is 1.76. The number of halogens is 2. The predicted molar refractivity (Wildman–Crippen MR) is 123 cm³/mol. The standard InChI is InChI=1S/C22H20Br2N2O3/c1-14-3-8-21(15(2)9-14)25-12-17-10-18(23)11-20(24)22(17)29-13-16-4-6-19(7-5-16)26(27)28/h3-11,25H,12-13H2,1-2H3. The molecular weight excluding hydrogens is 500 g/mol. The van der Waals surface area contributed by atoms with E-state index in [-0.39, 0.29) is 5.69 Å². The van der Waals surface area contributed by atoms with Crippen molar-refractivity contribution in [1.29, 1.82) is 0 Å². The van der Waals surface area contributed by atoms with E-state index in [9.17, 15) is 10.1 Å². The molecule has 0 heterocycles. The molecule has 3 rings (SSSR count). The molecule has 7 heteroatoms. The maximum Gasteiger partial charge on any atom is 0.269 e. The van der Waals surface area contributed by atoms with Gasteiger partial charge in [0.1, 0.15) is 12.4 Å². The summed E-state index contributed by atoms with van der Waals surface area (Å²) in [5.74, 6) is 0.740. The highest BCUT2D eigenvalue weighted by Gasteiger charge is 2.12. The molecule has 0 atom stereocenters. The van der Waals surface area contributed by atoms with Gasteiger partial charge in [0.25, 0.3) is 5.69 Å². The van der Waals surface area contributed by atoms with Gasteiger partial charge >= 0.3 is 0 Å². The average Bonchev–Trinajstić information content (AvgIpc) is 2.66. The predicted octanol–water partition coefficient (Wildman–Crippen LogP) is 6.93. The Morgan fingerprint density at radius 1 is 1.03 bits per heavy atom. The molecule has 29 heavy (non-hydrogen) atoms. The van der Waals surface area contributed by atoms with Gasteiger partial charge in [-0.15, -0.1) is 0 Å². The summed E-state index contributed by atoms with van der Waals surface area (Å²) in [6, 6.07) is 16.6. The highest BCUT2D eigenvalue weighted by molar-refractivity contribution is 9.11. The molecule has 1 N–H and O–H groups in total. The van der Waals surface area contributed by atoms with Crippen LogP contribution in [0.1, 0.15) is 22.3 Å². The van der Waals surface area contributed by atoms with Crippen LogP contribution in [0, 0.1) is 24.0 Å². The summed E-state index contributed by atoms with van der Waals surface area (Å²) < 4.78 is 7.86. The molecule has 0 bridgehead atoms. The molecule has 0 aliphatic rings. The van der Waals surface area contributed by atoms with Crippen molar-refractivity contribution in [2.24, 2.45) is 0 Å². The highest BCUT2D eigenvalue weighted by atomic mass is 79.9. The van der Waals surface area contributed by atoms with Crippen molar-refractivity contribution in [2.45, 2.75) is 27.0 Å². The van der Waals surface area contributed by atoms with Crippen LogP contribution in [0.25, 0.3) is 0 Å². The van der Waals surface area contributed by atoms with E-state index in [1.807, 2.05) is 12.1 Å². The van der Waals surface area contributed by atoms with Crippen molar-refractivity contribution >= 4 is 43.2 Å². The topological polar surface area (TPSA) is 64.4 Å². The van der Waals surface area contributed by atoms with Crippen LogP contribution < -0.4 is 10.1 Å². The zero-order chi connectivity index (χ0) is 21.0. The Kier molecular flexibility index (Phi) is 6.92. The highest BCUT2D eigenvalue weighted by Crippen LogP contribution is 2.34. The summed E-state index contributed by atoms with van der Waals surface area (Å²) in [6.07, 6.45) is 0. The van der Waals surface area contributed by atoms with Crippen LogP contribution in [0.2, 0.25) is 0 Å². The number of non-ortho nitro benzene ring substituents is 1. The molecule has 0 saturated heterocycles. The van der Waals surface area contributed by atoms with Gasteiger partial charge in [0, 0.05) is 34.4 Å². The molecule has 0 aliphatic carbocycles. The van der Waals surface area contributed by atoms with Gasteiger partial charge in [0.05, 0.1) is 9.40 Å². The van der Waals surface area contributed by atoms with E-state index in [4.69, 9.17) is 4.74 Å². The Hall–Kier alpha value is -2.38. The number of nitro groups is 1. The van der Waals surface area contributed by atoms with Gasteiger partial charge in [-0.3, -0.25) is 10.1 Å². The minimum atomic E-state index is -0.410. The van der Waals surface area contributed by atoms with E-state index in [1.165, 1.54) is 23.3 Å². The van der Waals surface area contributed by atoms with Gasteiger partial charge in [-0.2, -0.15) is 0 Å². The number of rotatable bonds is 7. The fraction of sp³-hybridized carbons (Fsp3) is 0.182. The third-order valence-electron chi connectivity index (χ3n) is 4.47. The number of aryl methyl sites for hydroxylation is 2. The van der Waals surface area contributed by atoms with E-state index in [0.29, 0.717) is 13.2 Å². The Morgan fingerprint density at radius 2 is 1.76 bits per heavy atom. The molecule has 0 aromatic heterocycles. The van der Waals surface area contributed by atoms with Crippen molar-refractivity contribution < 1.29 is 9.66 Å². The van der Waals surface area contributed by atoms with Crippen LogP contribution in [0.5, 0.6) is 5.75 Å². The smallest absolute Gasteiger partial charge is 0.269 e. The second-order valence-corrected chi connectivity index (χ2v) is 8.53. The zero-order valence-electron chi connectivity index (χ0n) is 16.0. The number of nitrogens with one attached hydrogen (secondary N) is 1. The number of benzene rings is 3. The Morgan fingerprint density at radius 3 is 2.41 bits per heavy atom. The summed E-state index contributed by atoms with van der Waals surface area (Å²) in [5, 5.41) is 14.3. The second-order valence-electron chi connectivity index (χ2n) is 6.76. The number of nitro benzene ring substituents is 1. The van der Waals surface area contributed by atoms with E-state index in [0.717, 1.165) is 31.5 Å². The number of hydrogen-bond acceptors (Lipinski definition) is 4. The Bertz CT molecular complexity index is 1040. The van der Waals surface area contributed by atoms with Crippen LogP contribution >= 0.6 is 31.9 Å². The molecule has 0 spiro atoms. The molecule has 0 fully saturated rings. The van der Waals surface area contributed by atoms with E-state index < -0.39 is 4.92 Å². The fourth-order valence-corrected chi connectivity index (χ4v) is 4.41. The van der Waals surface area contributed by atoms with Crippen molar-refractivity contribution in [1.82, 2.24) is 0 Å². The summed E-state index contributed by atoms with van der Waals surface area (Å²) in [4.78, 5) is 10.4. The first-order chi connectivity index (χ1) is 13.8. The van der Waals surface area contributed by atoms with Crippen LogP contribution in [0.4, 0.5) is 11.4 Å². The summed E-state index contributed by atoms with van der Waals surface area (Å²) in [6.45, 7) is 5.07. The maximum absolute atomic E-state index is 10.8. The molecule has 0 unspecified atom stereocenters. The first kappa shape index (κ1) is 21.3. The number of hydrogen-bond donors (Lipinski definition) is 1. The van der Waals surface area contributed by atoms with E-state index in [2.05, 4.69) is 69.2 Å². The lowest BCUT2D eigenvalue weighted by molar-refractivity contribution is -0.384. The zero-order valence-corrected chi connectivity index (χ0v) is 19.2. The van der Waals surface area contributed by atoms with Gasteiger partial charge in [-0.05, 0) is 71.2 Å².